The lowest BCUT2D eigenvalue weighted by molar-refractivity contribution is 0.415. The van der Waals surface area contributed by atoms with E-state index in [0.717, 1.165) is 23.6 Å². The number of hydrogen-bond acceptors (Lipinski definition) is 4. The van der Waals surface area contributed by atoms with E-state index < -0.39 is 0 Å². The van der Waals surface area contributed by atoms with Crippen molar-refractivity contribution in [2.45, 2.75) is 13.3 Å². The van der Waals surface area contributed by atoms with Gasteiger partial charge in [0.25, 0.3) is 0 Å². The number of methoxy groups -OCH3 is 1. The van der Waals surface area contributed by atoms with Crippen LogP contribution in [0, 0.1) is 0 Å². The van der Waals surface area contributed by atoms with Gasteiger partial charge in [0.2, 0.25) is 5.95 Å². The molecule has 0 fully saturated rings. The second kappa shape index (κ2) is 5.69. The molecule has 1 N–H and O–H groups in total. The molecule has 94 valence electrons. The zero-order chi connectivity index (χ0) is 13.0. The van der Waals surface area contributed by atoms with Crippen LogP contribution < -0.4 is 10.1 Å². The van der Waals surface area contributed by atoms with Crippen LogP contribution in [-0.4, -0.2) is 17.1 Å². The number of nitrogens with zero attached hydrogens (tertiary/aromatic N) is 2. The van der Waals surface area contributed by atoms with Crippen LogP contribution in [0.5, 0.6) is 5.75 Å². The molecule has 0 saturated carbocycles. The molecule has 2 aromatic rings. The zero-order valence-electron chi connectivity index (χ0n) is 10.3. The minimum atomic E-state index is 0.442. The highest BCUT2D eigenvalue weighted by Crippen LogP contribution is 2.19. The molecule has 2 rings (SSSR count). The maximum atomic E-state index is 5.93. The fourth-order valence-corrected chi connectivity index (χ4v) is 1.71. The summed E-state index contributed by atoms with van der Waals surface area (Å²) in [6.07, 6.45) is 0.819. The summed E-state index contributed by atoms with van der Waals surface area (Å²) in [7, 11) is 1.63. The number of rotatable bonds is 4. The van der Waals surface area contributed by atoms with Gasteiger partial charge in [0.05, 0.1) is 7.11 Å². The third kappa shape index (κ3) is 3.11. The van der Waals surface area contributed by atoms with E-state index in [4.69, 9.17) is 16.3 Å². The topological polar surface area (TPSA) is 47.0 Å². The van der Waals surface area contributed by atoms with Crippen LogP contribution in [0.2, 0.25) is 5.15 Å². The van der Waals surface area contributed by atoms with Crippen molar-refractivity contribution in [3.05, 3.63) is 41.2 Å². The molecular formula is C13H14ClN3O. The lowest BCUT2D eigenvalue weighted by atomic mass is 10.3. The SMILES string of the molecule is CCc1cc(Cl)nc(Nc2ccc(OC)cc2)n1. The minimum Gasteiger partial charge on any atom is -0.497 e. The Hall–Kier alpha value is -1.81. The molecule has 4 nitrogen and oxygen atoms in total. The summed E-state index contributed by atoms with van der Waals surface area (Å²) in [5.41, 5.74) is 1.80. The molecule has 0 saturated heterocycles. The average molecular weight is 264 g/mol. The third-order valence-corrected chi connectivity index (χ3v) is 2.65. The van der Waals surface area contributed by atoms with Crippen molar-refractivity contribution < 1.29 is 4.74 Å². The molecule has 1 aromatic carbocycles. The molecule has 0 amide bonds. The first kappa shape index (κ1) is 12.6. The Morgan fingerprint density at radius 2 is 1.94 bits per heavy atom. The van der Waals surface area contributed by atoms with Gasteiger partial charge in [-0.3, -0.25) is 0 Å². The van der Waals surface area contributed by atoms with Crippen LogP contribution in [-0.2, 0) is 6.42 Å². The van der Waals surface area contributed by atoms with Crippen molar-refractivity contribution in [1.29, 1.82) is 0 Å². The Kier molecular flexibility index (Phi) is 3.99. The van der Waals surface area contributed by atoms with E-state index in [0.29, 0.717) is 11.1 Å². The molecule has 0 unspecified atom stereocenters. The minimum absolute atomic E-state index is 0.442. The highest BCUT2D eigenvalue weighted by Gasteiger charge is 2.02. The van der Waals surface area contributed by atoms with Gasteiger partial charge >= 0.3 is 0 Å². The Morgan fingerprint density at radius 1 is 1.22 bits per heavy atom. The largest absolute Gasteiger partial charge is 0.497 e. The second-order valence-electron chi connectivity index (χ2n) is 3.71. The maximum Gasteiger partial charge on any atom is 0.228 e. The van der Waals surface area contributed by atoms with Crippen molar-refractivity contribution in [2.75, 3.05) is 12.4 Å². The van der Waals surface area contributed by atoms with E-state index in [1.54, 1.807) is 13.2 Å². The lowest BCUT2D eigenvalue weighted by Crippen LogP contribution is -2.00. The van der Waals surface area contributed by atoms with Crippen molar-refractivity contribution >= 4 is 23.2 Å². The summed E-state index contributed by atoms with van der Waals surface area (Å²) in [6, 6.07) is 9.30. The lowest BCUT2D eigenvalue weighted by Gasteiger charge is -2.07. The number of benzene rings is 1. The standard InChI is InChI=1S/C13H14ClN3O/c1-3-9-8-12(14)17-13(15-9)16-10-4-6-11(18-2)7-5-10/h4-8H,3H2,1-2H3,(H,15,16,17). The van der Waals surface area contributed by atoms with E-state index in [1.807, 2.05) is 31.2 Å². The first-order valence-corrected chi connectivity index (χ1v) is 6.03. The summed E-state index contributed by atoms with van der Waals surface area (Å²) in [5.74, 6) is 1.31. The molecule has 0 aliphatic rings. The summed E-state index contributed by atoms with van der Waals surface area (Å²) < 4.78 is 5.09. The normalized spacial score (nSPS) is 10.2. The van der Waals surface area contributed by atoms with Gasteiger partial charge in [0, 0.05) is 11.4 Å². The number of nitrogens with one attached hydrogen (secondary N) is 1. The quantitative estimate of drug-likeness (QED) is 0.859. The fraction of sp³-hybridized carbons (Fsp3) is 0.231. The second-order valence-corrected chi connectivity index (χ2v) is 4.10. The van der Waals surface area contributed by atoms with Crippen LogP contribution in [0.1, 0.15) is 12.6 Å². The predicted molar refractivity (Wildman–Crippen MR) is 72.7 cm³/mol. The number of anilines is 2. The number of halogens is 1. The van der Waals surface area contributed by atoms with Gasteiger partial charge in [-0.05, 0) is 36.8 Å². The Bertz CT molecular complexity index is 528. The maximum absolute atomic E-state index is 5.93. The van der Waals surface area contributed by atoms with Crippen LogP contribution in [0.4, 0.5) is 11.6 Å². The van der Waals surface area contributed by atoms with Crippen molar-refractivity contribution in [2.24, 2.45) is 0 Å². The van der Waals surface area contributed by atoms with Gasteiger partial charge < -0.3 is 10.1 Å². The van der Waals surface area contributed by atoms with Gasteiger partial charge in [0.15, 0.2) is 0 Å². The van der Waals surface area contributed by atoms with E-state index in [1.165, 1.54) is 0 Å². The number of hydrogen-bond donors (Lipinski definition) is 1. The Balaban J connectivity index is 2.19. The van der Waals surface area contributed by atoms with Gasteiger partial charge in [-0.25, -0.2) is 9.97 Å². The van der Waals surface area contributed by atoms with Crippen molar-refractivity contribution in [1.82, 2.24) is 9.97 Å². The molecule has 0 radical (unpaired) electrons. The zero-order valence-corrected chi connectivity index (χ0v) is 11.0. The molecule has 18 heavy (non-hydrogen) atoms. The smallest absolute Gasteiger partial charge is 0.228 e. The van der Waals surface area contributed by atoms with E-state index in [2.05, 4.69) is 15.3 Å². The number of ether oxygens (including phenoxy) is 1. The third-order valence-electron chi connectivity index (χ3n) is 2.46. The highest BCUT2D eigenvalue weighted by molar-refractivity contribution is 6.29. The van der Waals surface area contributed by atoms with Crippen LogP contribution in [0.25, 0.3) is 0 Å². The fourth-order valence-electron chi connectivity index (χ4n) is 1.50. The van der Waals surface area contributed by atoms with Gasteiger partial charge in [-0.2, -0.15) is 0 Å². The number of aromatic nitrogens is 2. The molecule has 0 aliphatic carbocycles. The van der Waals surface area contributed by atoms with Crippen LogP contribution in [0.3, 0.4) is 0 Å². The monoisotopic (exact) mass is 263 g/mol. The Morgan fingerprint density at radius 3 is 2.56 bits per heavy atom. The molecule has 0 atom stereocenters. The first-order chi connectivity index (χ1) is 8.71. The van der Waals surface area contributed by atoms with Gasteiger partial charge in [0.1, 0.15) is 10.9 Å². The van der Waals surface area contributed by atoms with E-state index in [9.17, 15) is 0 Å². The van der Waals surface area contributed by atoms with Crippen LogP contribution in [0.15, 0.2) is 30.3 Å². The van der Waals surface area contributed by atoms with Crippen molar-refractivity contribution in [3.63, 3.8) is 0 Å². The molecule has 1 aromatic heterocycles. The summed E-state index contributed by atoms with van der Waals surface area (Å²) >= 11 is 5.93. The molecule has 1 heterocycles. The molecular weight excluding hydrogens is 250 g/mol. The first-order valence-electron chi connectivity index (χ1n) is 5.66. The predicted octanol–water partition coefficient (Wildman–Crippen LogP) is 3.44. The van der Waals surface area contributed by atoms with Crippen molar-refractivity contribution in [3.8, 4) is 5.75 Å². The van der Waals surface area contributed by atoms with Gasteiger partial charge in [-0.1, -0.05) is 18.5 Å². The highest BCUT2D eigenvalue weighted by atomic mass is 35.5. The summed E-state index contributed by atoms with van der Waals surface area (Å²) in [5, 5.41) is 3.55. The molecule has 0 bridgehead atoms. The summed E-state index contributed by atoms with van der Waals surface area (Å²) in [4.78, 5) is 8.48. The Labute approximate surface area is 111 Å². The van der Waals surface area contributed by atoms with E-state index in [-0.39, 0.29) is 0 Å². The van der Waals surface area contributed by atoms with Crippen LogP contribution >= 0.6 is 11.6 Å². The van der Waals surface area contributed by atoms with Gasteiger partial charge in [-0.15, -0.1) is 0 Å². The summed E-state index contributed by atoms with van der Waals surface area (Å²) in [6.45, 7) is 2.02. The molecule has 0 spiro atoms. The number of aryl methyl sites for hydroxylation is 1. The van der Waals surface area contributed by atoms with E-state index >= 15 is 0 Å². The molecule has 0 aliphatic heterocycles. The molecule has 5 heteroatoms. The average Bonchev–Trinajstić information content (AvgIpc) is 2.39.